The molecule has 0 spiro atoms. The molecule has 2 heterocycles. The van der Waals surface area contributed by atoms with Crippen LogP contribution in [-0.2, 0) is 6.54 Å². The van der Waals surface area contributed by atoms with Gasteiger partial charge in [-0.05, 0) is 24.6 Å². The zero-order valence-electron chi connectivity index (χ0n) is 13.9. The van der Waals surface area contributed by atoms with Crippen LogP contribution >= 0.6 is 11.8 Å². The summed E-state index contributed by atoms with van der Waals surface area (Å²) < 4.78 is 3.16. The predicted octanol–water partition coefficient (Wildman–Crippen LogP) is 3.37. The molecule has 2 aromatic heterocycles. The van der Waals surface area contributed by atoms with Crippen molar-refractivity contribution < 1.29 is 0 Å². The maximum absolute atomic E-state index is 12.4. The minimum atomic E-state index is -0.177. The van der Waals surface area contributed by atoms with E-state index >= 15 is 0 Å². The van der Waals surface area contributed by atoms with Crippen molar-refractivity contribution in [1.82, 2.24) is 24.0 Å². The number of H-pyrrole nitrogens is 1. The van der Waals surface area contributed by atoms with Crippen molar-refractivity contribution >= 4 is 17.6 Å². The highest BCUT2D eigenvalue weighted by Gasteiger charge is 2.21. The molecular formula is C18H20ClN5O. The Morgan fingerprint density at radius 1 is 1.16 bits per heavy atom. The van der Waals surface area contributed by atoms with Crippen LogP contribution in [0.5, 0.6) is 0 Å². The first-order chi connectivity index (χ1) is 12.2. The van der Waals surface area contributed by atoms with Crippen LogP contribution in [0.1, 0.15) is 37.8 Å². The Morgan fingerprint density at radius 2 is 1.92 bits per heavy atom. The van der Waals surface area contributed by atoms with Gasteiger partial charge in [0.05, 0.1) is 12.2 Å². The minimum absolute atomic E-state index is 0.177. The van der Waals surface area contributed by atoms with Crippen LogP contribution in [0.25, 0.3) is 17.2 Å². The Kier molecular flexibility index (Phi) is 4.55. The van der Waals surface area contributed by atoms with E-state index in [4.69, 9.17) is 11.8 Å². The summed E-state index contributed by atoms with van der Waals surface area (Å²) in [6.07, 6.45) is 5.91. The lowest BCUT2D eigenvalue weighted by Crippen LogP contribution is -2.30. The Balaban J connectivity index is 1.61. The van der Waals surface area contributed by atoms with Crippen molar-refractivity contribution in [1.29, 1.82) is 0 Å². The average molecular weight is 358 g/mol. The third-order valence-electron chi connectivity index (χ3n) is 4.71. The molecule has 7 heteroatoms. The van der Waals surface area contributed by atoms with Gasteiger partial charge >= 0.3 is 0 Å². The van der Waals surface area contributed by atoms with Gasteiger partial charge in [-0.1, -0.05) is 49.6 Å². The number of benzene rings is 1. The Labute approximate surface area is 150 Å². The predicted molar refractivity (Wildman–Crippen MR) is 97.3 cm³/mol. The molecule has 0 unspecified atom stereocenters. The van der Waals surface area contributed by atoms with Gasteiger partial charge in [0, 0.05) is 17.7 Å². The molecule has 6 nitrogen and oxygen atoms in total. The van der Waals surface area contributed by atoms with Crippen molar-refractivity contribution in [2.75, 3.05) is 0 Å². The number of halogens is 1. The first-order valence-electron chi connectivity index (χ1n) is 8.67. The van der Waals surface area contributed by atoms with Gasteiger partial charge in [-0.2, -0.15) is 9.50 Å². The van der Waals surface area contributed by atoms with E-state index < -0.39 is 0 Å². The second kappa shape index (κ2) is 6.98. The van der Waals surface area contributed by atoms with Gasteiger partial charge in [-0.25, -0.2) is 9.40 Å². The molecule has 1 aliphatic rings. The molecule has 0 amide bonds. The molecule has 0 atom stereocenters. The Morgan fingerprint density at radius 3 is 2.68 bits per heavy atom. The second-order valence-electron chi connectivity index (χ2n) is 6.51. The third kappa shape index (κ3) is 3.45. The fourth-order valence-electron chi connectivity index (χ4n) is 3.38. The number of aromatic amines is 1. The van der Waals surface area contributed by atoms with Crippen molar-refractivity contribution in [2.45, 2.75) is 44.7 Å². The third-order valence-corrected chi connectivity index (χ3v) is 5.11. The Bertz CT molecular complexity index is 914. The summed E-state index contributed by atoms with van der Waals surface area (Å²) in [7, 11) is 0. The largest absolute Gasteiger partial charge is 0.274 e. The lowest BCUT2D eigenvalue weighted by Gasteiger charge is -2.28. The molecule has 1 N–H and O–H groups in total. The van der Waals surface area contributed by atoms with Gasteiger partial charge in [0.15, 0.2) is 5.82 Å². The van der Waals surface area contributed by atoms with Gasteiger partial charge in [0.25, 0.3) is 11.3 Å². The number of nitrogens with one attached hydrogen (secondary N) is 1. The molecule has 0 radical (unpaired) electrons. The first kappa shape index (κ1) is 16.3. The Hall–Kier alpha value is -2.18. The minimum Gasteiger partial charge on any atom is -0.271 e. The molecule has 3 aromatic rings. The van der Waals surface area contributed by atoms with Crippen LogP contribution < -0.4 is 5.56 Å². The first-order valence-corrected chi connectivity index (χ1v) is 9.01. The van der Waals surface area contributed by atoms with Crippen LogP contribution in [0, 0.1) is 0 Å². The second-order valence-corrected chi connectivity index (χ2v) is 6.94. The van der Waals surface area contributed by atoms with Gasteiger partial charge in [0.2, 0.25) is 0 Å². The van der Waals surface area contributed by atoms with E-state index in [-0.39, 0.29) is 5.56 Å². The standard InChI is InChI=1S/C18H20ClN5O/c19-23(15-9-5-2-6-10-15)12-14-11-16(25)24-18(20-14)21-17(22-24)13-7-3-1-4-8-13/h1,3-4,7-8,11,15H,2,5-6,9-10,12H2,(H,20,21,22). The SMILES string of the molecule is O=c1cc(CN(Cl)C2CCCCC2)nc2nc(-c3ccccc3)[nH]n12. The summed E-state index contributed by atoms with van der Waals surface area (Å²) in [4.78, 5) is 21.4. The molecule has 1 fully saturated rings. The molecule has 0 saturated heterocycles. The number of rotatable bonds is 4. The fraction of sp³-hybridized carbons (Fsp3) is 0.389. The number of aromatic nitrogens is 4. The van der Waals surface area contributed by atoms with Gasteiger partial charge < -0.3 is 0 Å². The molecular weight excluding hydrogens is 338 g/mol. The van der Waals surface area contributed by atoms with Gasteiger partial charge in [-0.3, -0.25) is 9.89 Å². The fourth-order valence-corrected chi connectivity index (χ4v) is 3.70. The summed E-state index contributed by atoms with van der Waals surface area (Å²) in [6.45, 7) is 0.450. The van der Waals surface area contributed by atoms with E-state index in [1.807, 2.05) is 30.3 Å². The van der Waals surface area contributed by atoms with E-state index in [0.29, 0.717) is 29.9 Å². The highest BCUT2D eigenvalue weighted by Crippen LogP contribution is 2.25. The number of fused-ring (bicyclic) bond motifs is 1. The van der Waals surface area contributed by atoms with Crippen molar-refractivity contribution in [3.63, 3.8) is 0 Å². The smallest absolute Gasteiger partial charge is 0.271 e. The average Bonchev–Trinajstić information content (AvgIpc) is 3.08. The van der Waals surface area contributed by atoms with Crippen molar-refractivity contribution in [2.24, 2.45) is 0 Å². The van der Waals surface area contributed by atoms with E-state index in [9.17, 15) is 4.79 Å². The molecule has 1 saturated carbocycles. The highest BCUT2D eigenvalue weighted by atomic mass is 35.5. The van der Waals surface area contributed by atoms with E-state index in [2.05, 4.69) is 15.1 Å². The maximum Gasteiger partial charge on any atom is 0.274 e. The molecule has 1 aliphatic carbocycles. The van der Waals surface area contributed by atoms with Crippen LogP contribution in [-0.4, -0.2) is 30.0 Å². The number of nitrogens with zero attached hydrogens (tertiary/aromatic N) is 4. The molecule has 4 rings (SSSR count). The number of hydrogen-bond acceptors (Lipinski definition) is 4. The van der Waals surface area contributed by atoms with E-state index in [1.165, 1.54) is 29.8 Å². The molecule has 1 aromatic carbocycles. The summed E-state index contributed by atoms with van der Waals surface area (Å²) in [6, 6.07) is 11.6. The van der Waals surface area contributed by atoms with Gasteiger partial charge in [0.1, 0.15) is 0 Å². The molecule has 0 aliphatic heterocycles. The zero-order chi connectivity index (χ0) is 17.2. The zero-order valence-corrected chi connectivity index (χ0v) is 14.6. The normalized spacial score (nSPS) is 15.9. The van der Waals surface area contributed by atoms with Crippen LogP contribution in [0.15, 0.2) is 41.2 Å². The molecule has 25 heavy (non-hydrogen) atoms. The van der Waals surface area contributed by atoms with E-state index in [0.717, 1.165) is 18.4 Å². The molecule has 130 valence electrons. The van der Waals surface area contributed by atoms with Crippen LogP contribution in [0.4, 0.5) is 0 Å². The monoisotopic (exact) mass is 357 g/mol. The van der Waals surface area contributed by atoms with Gasteiger partial charge in [-0.15, -0.1) is 0 Å². The lowest BCUT2D eigenvalue weighted by atomic mass is 9.95. The topological polar surface area (TPSA) is 66.3 Å². The maximum atomic E-state index is 12.4. The summed E-state index contributed by atoms with van der Waals surface area (Å²) in [5.41, 5.74) is 1.38. The van der Waals surface area contributed by atoms with Crippen LogP contribution in [0.3, 0.4) is 0 Å². The quantitative estimate of drug-likeness (QED) is 0.727. The van der Waals surface area contributed by atoms with E-state index in [1.54, 1.807) is 4.42 Å². The highest BCUT2D eigenvalue weighted by molar-refractivity contribution is 6.13. The summed E-state index contributed by atoms with van der Waals surface area (Å²) in [5, 5.41) is 3.01. The summed E-state index contributed by atoms with van der Waals surface area (Å²) >= 11 is 6.46. The van der Waals surface area contributed by atoms with Crippen molar-refractivity contribution in [3.8, 4) is 11.4 Å². The molecule has 0 bridgehead atoms. The summed E-state index contributed by atoms with van der Waals surface area (Å²) in [5.74, 6) is 0.993. The number of hydrogen-bond donors (Lipinski definition) is 1. The van der Waals surface area contributed by atoms with Crippen LogP contribution in [0.2, 0.25) is 0 Å². The lowest BCUT2D eigenvalue weighted by molar-refractivity contribution is 0.256. The van der Waals surface area contributed by atoms with Crippen molar-refractivity contribution in [3.05, 3.63) is 52.4 Å².